The molecule has 2 aromatic rings. The summed E-state index contributed by atoms with van der Waals surface area (Å²) in [7, 11) is 0. The second-order valence-electron chi connectivity index (χ2n) is 5.01. The molecule has 0 aliphatic carbocycles. The predicted molar refractivity (Wildman–Crippen MR) is 80.7 cm³/mol. The van der Waals surface area contributed by atoms with Crippen molar-refractivity contribution in [3.63, 3.8) is 0 Å². The van der Waals surface area contributed by atoms with Gasteiger partial charge < -0.3 is 9.84 Å². The number of hydrogen-bond donors (Lipinski definition) is 1. The minimum absolute atomic E-state index is 0.103. The van der Waals surface area contributed by atoms with E-state index in [1.54, 1.807) is 12.1 Å². The van der Waals surface area contributed by atoms with Gasteiger partial charge in [-0.05, 0) is 35.4 Å². The Labute approximate surface area is 132 Å². The van der Waals surface area contributed by atoms with Gasteiger partial charge in [0, 0.05) is 28.5 Å². The molecule has 0 saturated heterocycles. The first-order chi connectivity index (χ1) is 10.1. The first-order valence-electron chi connectivity index (χ1n) is 6.62. The average molecular weight is 327 g/mol. The quantitative estimate of drug-likeness (QED) is 0.908. The van der Waals surface area contributed by atoms with E-state index in [2.05, 4.69) is 0 Å². The molecule has 1 aliphatic rings. The summed E-state index contributed by atoms with van der Waals surface area (Å²) in [5.41, 5.74) is 1.89. The van der Waals surface area contributed by atoms with Crippen LogP contribution < -0.4 is 4.74 Å². The van der Waals surface area contributed by atoms with E-state index in [4.69, 9.17) is 27.9 Å². The maximum Gasteiger partial charge on any atom is 0.130 e. The topological polar surface area (TPSA) is 29.5 Å². The largest absolute Gasteiger partial charge is 0.493 e. The number of ether oxygens (including phenoxy) is 1. The van der Waals surface area contributed by atoms with Crippen LogP contribution in [0.1, 0.15) is 22.8 Å². The highest BCUT2D eigenvalue weighted by atomic mass is 35.5. The molecule has 21 heavy (non-hydrogen) atoms. The average Bonchev–Trinajstić information content (AvgIpc) is 2.86. The summed E-state index contributed by atoms with van der Waals surface area (Å²) in [6, 6.07) is 7.94. The van der Waals surface area contributed by atoms with Gasteiger partial charge in [-0.25, -0.2) is 4.39 Å². The summed E-state index contributed by atoms with van der Waals surface area (Å²) in [5, 5.41) is 11.1. The molecule has 2 aromatic carbocycles. The van der Waals surface area contributed by atoms with Crippen LogP contribution in [0.5, 0.6) is 5.75 Å². The summed E-state index contributed by atoms with van der Waals surface area (Å²) >= 11 is 12.1. The van der Waals surface area contributed by atoms with E-state index in [0.29, 0.717) is 11.6 Å². The van der Waals surface area contributed by atoms with E-state index >= 15 is 0 Å². The lowest BCUT2D eigenvalue weighted by Crippen LogP contribution is -2.06. The Kier molecular flexibility index (Phi) is 4.07. The van der Waals surface area contributed by atoms with Gasteiger partial charge in [-0.15, -0.1) is 0 Å². The summed E-state index contributed by atoms with van der Waals surface area (Å²) in [6.07, 6.45) is -0.0614. The molecule has 0 fully saturated rings. The van der Waals surface area contributed by atoms with Crippen molar-refractivity contribution in [3.8, 4) is 5.75 Å². The Hall–Kier alpha value is -1.29. The van der Waals surface area contributed by atoms with Gasteiger partial charge in [0.1, 0.15) is 11.6 Å². The molecular weight excluding hydrogens is 314 g/mol. The highest BCUT2D eigenvalue weighted by molar-refractivity contribution is 6.31. The maximum atomic E-state index is 13.9. The fourth-order valence-corrected chi connectivity index (χ4v) is 3.19. The van der Waals surface area contributed by atoms with Crippen molar-refractivity contribution in [2.24, 2.45) is 0 Å². The van der Waals surface area contributed by atoms with Crippen LogP contribution in [0.2, 0.25) is 10.0 Å². The summed E-state index contributed by atoms with van der Waals surface area (Å²) in [5.74, 6) is 0.223. The molecule has 0 aromatic heterocycles. The Morgan fingerprint density at radius 1 is 1.29 bits per heavy atom. The molecule has 110 valence electrons. The lowest BCUT2D eigenvalue weighted by atomic mass is 9.98. The predicted octanol–water partition coefficient (Wildman–Crippen LogP) is 4.34. The molecule has 0 saturated carbocycles. The normalized spacial score (nSPS) is 14.7. The molecule has 1 atom stereocenters. The molecule has 1 N–H and O–H groups in total. The zero-order valence-corrected chi connectivity index (χ0v) is 12.6. The molecule has 1 heterocycles. The highest BCUT2D eigenvalue weighted by Gasteiger charge is 2.22. The van der Waals surface area contributed by atoms with Crippen LogP contribution in [0.3, 0.4) is 0 Å². The third-order valence-electron chi connectivity index (χ3n) is 3.57. The summed E-state index contributed by atoms with van der Waals surface area (Å²) in [6.45, 7) is 0.596. The molecule has 1 aliphatic heterocycles. The van der Waals surface area contributed by atoms with Gasteiger partial charge >= 0.3 is 0 Å². The molecular formula is C16H13Cl2FO2. The lowest BCUT2D eigenvalue weighted by molar-refractivity contribution is 0.172. The van der Waals surface area contributed by atoms with Crippen LogP contribution in [0, 0.1) is 5.82 Å². The molecule has 1 unspecified atom stereocenters. The molecule has 0 spiro atoms. The van der Waals surface area contributed by atoms with Crippen molar-refractivity contribution in [2.45, 2.75) is 18.9 Å². The second kappa shape index (κ2) is 5.84. The standard InChI is InChI=1S/C16H13Cl2FO2/c17-11-6-9-4-5-21-16(9)10(7-11)8-14(20)15-12(18)2-1-3-13(15)19/h1-3,6-7,14,20H,4-5,8H2. The number of aliphatic hydroxyl groups excluding tert-OH is 1. The Balaban J connectivity index is 1.94. The minimum atomic E-state index is -1.05. The van der Waals surface area contributed by atoms with Gasteiger partial charge in [0.15, 0.2) is 0 Å². The van der Waals surface area contributed by atoms with Gasteiger partial charge in [-0.3, -0.25) is 0 Å². The molecule has 0 amide bonds. The minimum Gasteiger partial charge on any atom is -0.493 e. The number of benzene rings is 2. The van der Waals surface area contributed by atoms with Crippen LogP contribution in [-0.4, -0.2) is 11.7 Å². The van der Waals surface area contributed by atoms with Crippen molar-refractivity contribution in [3.05, 3.63) is 62.9 Å². The van der Waals surface area contributed by atoms with Gasteiger partial charge in [0.2, 0.25) is 0 Å². The third-order valence-corrected chi connectivity index (χ3v) is 4.12. The number of hydrogen-bond acceptors (Lipinski definition) is 2. The van der Waals surface area contributed by atoms with Crippen LogP contribution >= 0.6 is 23.2 Å². The van der Waals surface area contributed by atoms with E-state index in [1.807, 2.05) is 6.07 Å². The molecule has 5 heteroatoms. The van der Waals surface area contributed by atoms with Crippen LogP contribution in [0.25, 0.3) is 0 Å². The van der Waals surface area contributed by atoms with Gasteiger partial charge in [0.05, 0.1) is 12.7 Å². The van der Waals surface area contributed by atoms with E-state index in [1.165, 1.54) is 12.1 Å². The van der Waals surface area contributed by atoms with E-state index in [9.17, 15) is 9.50 Å². The maximum absolute atomic E-state index is 13.9. The zero-order valence-electron chi connectivity index (χ0n) is 11.1. The van der Waals surface area contributed by atoms with Crippen molar-refractivity contribution in [1.29, 1.82) is 0 Å². The van der Waals surface area contributed by atoms with Gasteiger partial charge in [-0.2, -0.15) is 0 Å². The second-order valence-corrected chi connectivity index (χ2v) is 5.85. The van der Waals surface area contributed by atoms with Crippen molar-refractivity contribution in [1.82, 2.24) is 0 Å². The van der Waals surface area contributed by atoms with Gasteiger partial charge in [0.25, 0.3) is 0 Å². The van der Waals surface area contributed by atoms with E-state index in [0.717, 1.165) is 23.3 Å². The smallest absolute Gasteiger partial charge is 0.130 e. The first kappa shape index (κ1) is 14.6. The zero-order chi connectivity index (χ0) is 15.0. The van der Waals surface area contributed by atoms with Crippen LogP contribution in [0.4, 0.5) is 4.39 Å². The molecule has 0 bridgehead atoms. The molecule has 3 rings (SSSR count). The number of rotatable bonds is 3. The highest BCUT2D eigenvalue weighted by Crippen LogP contribution is 2.36. The summed E-state index contributed by atoms with van der Waals surface area (Å²) in [4.78, 5) is 0. The third kappa shape index (κ3) is 2.86. The SMILES string of the molecule is OC(Cc1cc(Cl)cc2c1OCC2)c1c(F)cccc1Cl. The Morgan fingerprint density at radius 2 is 2.10 bits per heavy atom. The van der Waals surface area contributed by atoms with Crippen LogP contribution in [-0.2, 0) is 12.8 Å². The number of aliphatic hydroxyl groups is 1. The fraction of sp³-hybridized carbons (Fsp3) is 0.250. The molecule has 0 radical (unpaired) electrons. The monoisotopic (exact) mass is 326 g/mol. The van der Waals surface area contributed by atoms with Crippen LogP contribution in [0.15, 0.2) is 30.3 Å². The van der Waals surface area contributed by atoms with E-state index < -0.39 is 11.9 Å². The van der Waals surface area contributed by atoms with Crippen molar-refractivity contribution >= 4 is 23.2 Å². The molecule has 2 nitrogen and oxygen atoms in total. The van der Waals surface area contributed by atoms with Gasteiger partial charge in [-0.1, -0.05) is 29.3 Å². The number of halogens is 3. The first-order valence-corrected chi connectivity index (χ1v) is 7.38. The Morgan fingerprint density at radius 3 is 2.86 bits per heavy atom. The fourth-order valence-electron chi connectivity index (χ4n) is 2.64. The Bertz CT molecular complexity index is 668. The van der Waals surface area contributed by atoms with Crippen molar-refractivity contribution in [2.75, 3.05) is 6.61 Å². The van der Waals surface area contributed by atoms with Crippen molar-refractivity contribution < 1.29 is 14.2 Å². The summed E-state index contributed by atoms with van der Waals surface area (Å²) < 4.78 is 19.4. The lowest BCUT2D eigenvalue weighted by Gasteiger charge is -2.16. The van der Waals surface area contributed by atoms with E-state index in [-0.39, 0.29) is 17.0 Å². The number of fused-ring (bicyclic) bond motifs is 1.